The Kier molecular flexibility index (Phi) is 4.20. The van der Waals surface area contributed by atoms with Crippen LogP contribution in [-0.4, -0.2) is 17.3 Å². The first-order valence-corrected chi connectivity index (χ1v) is 6.99. The summed E-state index contributed by atoms with van der Waals surface area (Å²) in [7, 11) is 1.61. The van der Waals surface area contributed by atoms with E-state index in [1.54, 1.807) is 19.2 Å². The second kappa shape index (κ2) is 6.62. The van der Waals surface area contributed by atoms with Gasteiger partial charge >= 0.3 is 6.01 Å². The third-order valence-corrected chi connectivity index (χ3v) is 3.28. The number of nitrogens with one attached hydrogen (secondary N) is 1. The lowest BCUT2D eigenvalue weighted by molar-refractivity contribution is 0.414. The fourth-order valence-electron chi connectivity index (χ4n) is 2.05. The summed E-state index contributed by atoms with van der Waals surface area (Å²) in [5.41, 5.74) is 2.47. The average molecular weight is 306 g/mol. The minimum absolute atomic E-state index is 0.340. The summed E-state index contributed by atoms with van der Waals surface area (Å²) in [4.78, 5) is 4.31. The number of methoxy groups -OCH3 is 1. The maximum Gasteiger partial charge on any atom is 0.322 e. The van der Waals surface area contributed by atoms with Crippen molar-refractivity contribution in [2.24, 2.45) is 0 Å². The number of hydrogen-bond donors (Lipinski definition) is 1. The summed E-state index contributed by atoms with van der Waals surface area (Å²) in [6.45, 7) is 0.533. The lowest BCUT2D eigenvalue weighted by atomic mass is 10.1. The predicted molar refractivity (Wildman–Crippen MR) is 84.8 cm³/mol. The van der Waals surface area contributed by atoms with Gasteiger partial charge in [0.1, 0.15) is 5.75 Å². The van der Waals surface area contributed by atoms with E-state index in [1.807, 2.05) is 36.4 Å². The topological polar surface area (TPSA) is 84.0 Å². The van der Waals surface area contributed by atoms with Crippen molar-refractivity contribution < 1.29 is 9.26 Å². The van der Waals surface area contributed by atoms with Gasteiger partial charge in [-0.15, -0.1) is 0 Å². The van der Waals surface area contributed by atoms with Gasteiger partial charge in [-0.3, -0.25) is 0 Å². The molecule has 1 heterocycles. The normalized spacial score (nSPS) is 10.1. The Hall–Kier alpha value is -3.33. The Labute approximate surface area is 133 Å². The quantitative estimate of drug-likeness (QED) is 0.779. The highest BCUT2D eigenvalue weighted by molar-refractivity contribution is 5.57. The van der Waals surface area contributed by atoms with Crippen molar-refractivity contribution in [2.75, 3.05) is 12.4 Å². The molecule has 0 bridgehead atoms. The summed E-state index contributed by atoms with van der Waals surface area (Å²) in [5, 5.41) is 15.8. The van der Waals surface area contributed by atoms with Crippen LogP contribution in [0.3, 0.4) is 0 Å². The number of anilines is 1. The first-order chi connectivity index (χ1) is 11.3. The molecule has 23 heavy (non-hydrogen) atoms. The molecule has 1 aromatic heterocycles. The first kappa shape index (κ1) is 14.6. The maximum absolute atomic E-state index is 8.78. The van der Waals surface area contributed by atoms with Crippen molar-refractivity contribution in [3.8, 4) is 23.2 Å². The Morgan fingerprint density at radius 1 is 1.22 bits per heavy atom. The number of benzene rings is 2. The molecule has 6 nitrogen and oxygen atoms in total. The van der Waals surface area contributed by atoms with Gasteiger partial charge < -0.3 is 14.6 Å². The van der Waals surface area contributed by atoms with Crippen molar-refractivity contribution in [2.45, 2.75) is 6.54 Å². The lowest BCUT2D eigenvalue weighted by Gasteiger charge is -2.01. The van der Waals surface area contributed by atoms with Crippen LogP contribution in [0.25, 0.3) is 11.4 Å². The fraction of sp³-hybridized carbons (Fsp3) is 0.118. The van der Waals surface area contributed by atoms with E-state index in [0.29, 0.717) is 23.9 Å². The number of aromatic nitrogens is 2. The number of hydrogen-bond acceptors (Lipinski definition) is 6. The minimum atomic E-state index is 0.340. The van der Waals surface area contributed by atoms with E-state index in [0.717, 1.165) is 16.9 Å². The van der Waals surface area contributed by atoms with E-state index in [9.17, 15) is 0 Å². The molecule has 0 saturated carbocycles. The number of ether oxygens (including phenoxy) is 1. The van der Waals surface area contributed by atoms with Crippen molar-refractivity contribution in [3.05, 3.63) is 59.7 Å². The minimum Gasteiger partial charge on any atom is -0.497 e. The highest BCUT2D eigenvalue weighted by atomic mass is 16.5. The van der Waals surface area contributed by atoms with Crippen LogP contribution in [0.5, 0.6) is 5.75 Å². The first-order valence-electron chi connectivity index (χ1n) is 6.99. The molecule has 3 rings (SSSR count). The van der Waals surface area contributed by atoms with E-state index >= 15 is 0 Å². The summed E-state index contributed by atoms with van der Waals surface area (Å²) in [6.07, 6.45) is 0. The van der Waals surface area contributed by atoms with Gasteiger partial charge in [0, 0.05) is 12.1 Å². The highest BCUT2D eigenvalue weighted by Crippen LogP contribution is 2.22. The summed E-state index contributed by atoms with van der Waals surface area (Å²) >= 11 is 0. The molecule has 114 valence electrons. The predicted octanol–water partition coefficient (Wildman–Crippen LogP) is 3.23. The molecule has 0 spiro atoms. The van der Waals surface area contributed by atoms with Gasteiger partial charge in [0.15, 0.2) is 0 Å². The van der Waals surface area contributed by atoms with Crippen molar-refractivity contribution in [1.82, 2.24) is 10.1 Å². The summed E-state index contributed by atoms with van der Waals surface area (Å²) in [6, 6.07) is 17.2. The second-order valence-corrected chi connectivity index (χ2v) is 4.82. The standard InChI is InChI=1S/C17H14N4O2/c1-22-15-4-2-3-14(9-15)16-20-17(23-21-16)19-11-13-7-5-12(10-18)6-8-13/h2-9H,11H2,1H3,(H,19,20,21). The molecule has 6 heteroatoms. The molecular formula is C17H14N4O2. The van der Waals surface area contributed by atoms with E-state index in [4.69, 9.17) is 14.5 Å². The van der Waals surface area contributed by atoms with Gasteiger partial charge in [-0.1, -0.05) is 29.4 Å². The van der Waals surface area contributed by atoms with Crippen LogP contribution in [0.1, 0.15) is 11.1 Å². The smallest absolute Gasteiger partial charge is 0.322 e. The van der Waals surface area contributed by atoms with E-state index < -0.39 is 0 Å². The third-order valence-electron chi connectivity index (χ3n) is 3.28. The zero-order valence-electron chi connectivity index (χ0n) is 12.5. The van der Waals surface area contributed by atoms with Crippen LogP contribution < -0.4 is 10.1 Å². The fourth-order valence-corrected chi connectivity index (χ4v) is 2.05. The van der Waals surface area contributed by atoms with Gasteiger partial charge in [0.25, 0.3) is 0 Å². The molecule has 0 radical (unpaired) electrons. The maximum atomic E-state index is 8.78. The van der Waals surface area contributed by atoms with Crippen LogP contribution >= 0.6 is 0 Å². The van der Waals surface area contributed by atoms with Gasteiger partial charge in [-0.25, -0.2) is 0 Å². The number of rotatable bonds is 5. The monoisotopic (exact) mass is 306 g/mol. The molecule has 0 atom stereocenters. The van der Waals surface area contributed by atoms with E-state index in [-0.39, 0.29) is 0 Å². The second-order valence-electron chi connectivity index (χ2n) is 4.82. The lowest BCUT2D eigenvalue weighted by Crippen LogP contribution is -1.99. The van der Waals surface area contributed by atoms with Crippen molar-refractivity contribution in [1.29, 1.82) is 5.26 Å². The Bertz CT molecular complexity index is 834. The van der Waals surface area contributed by atoms with E-state index in [1.165, 1.54) is 0 Å². The summed E-state index contributed by atoms with van der Waals surface area (Å²) < 4.78 is 10.4. The van der Waals surface area contributed by atoms with Crippen LogP contribution in [0.2, 0.25) is 0 Å². The van der Waals surface area contributed by atoms with Crippen LogP contribution in [-0.2, 0) is 6.54 Å². The molecule has 2 aromatic carbocycles. The largest absolute Gasteiger partial charge is 0.497 e. The molecule has 0 saturated heterocycles. The van der Waals surface area contributed by atoms with Gasteiger partial charge in [-0.05, 0) is 29.8 Å². The number of nitriles is 1. The molecule has 0 aliphatic heterocycles. The van der Waals surface area contributed by atoms with Gasteiger partial charge in [0.05, 0.1) is 18.7 Å². The van der Waals surface area contributed by atoms with Gasteiger partial charge in [0.2, 0.25) is 5.82 Å². The molecule has 0 unspecified atom stereocenters. The Morgan fingerprint density at radius 2 is 2.04 bits per heavy atom. The Morgan fingerprint density at radius 3 is 2.78 bits per heavy atom. The summed E-state index contributed by atoms with van der Waals surface area (Å²) in [5.74, 6) is 1.23. The van der Waals surface area contributed by atoms with Crippen molar-refractivity contribution in [3.63, 3.8) is 0 Å². The zero-order valence-corrected chi connectivity index (χ0v) is 12.5. The zero-order chi connectivity index (χ0) is 16.1. The molecule has 3 aromatic rings. The van der Waals surface area contributed by atoms with Crippen LogP contribution in [0.15, 0.2) is 53.1 Å². The van der Waals surface area contributed by atoms with Crippen LogP contribution in [0, 0.1) is 11.3 Å². The molecule has 0 aliphatic carbocycles. The average Bonchev–Trinajstić information content (AvgIpc) is 3.09. The van der Waals surface area contributed by atoms with Crippen molar-refractivity contribution >= 4 is 6.01 Å². The Balaban J connectivity index is 1.68. The third kappa shape index (κ3) is 3.47. The van der Waals surface area contributed by atoms with Gasteiger partial charge in [-0.2, -0.15) is 10.2 Å². The van der Waals surface area contributed by atoms with E-state index in [2.05, 4.69) is 21.5 Å². The number of nitrogens with zero attached hydrogens (tertiary/aromatic N) is 3. The molecule has 0 fully saturated rings. The molecule has 0 amide bonds. The highest BCUT2D eigenvalue weighted by Gasteiger charge is 2.09. The molecule has 1 N–H and O–H groups in total. The SMILES string of the molecule is COc1cccc(-c2noc(NCc3ccc(C#N)cc3)n2)c1. The molecule has 0 aliphatic rings. The van der Waals surface area contributed by atoms with Crippen LogP contribution in [0.4, 0.5) is 6.01 Å². The molecular weight excluding hydrogens is 292 g/mol.